The molecule has 1 atom stereocenters. The molecule has 0 radical (unpaired) electrons. The van der Waals surface area contributed by atoms with Gasteiger partial charge in [-0.15, -0.1) is 0 Å². The van der Waals surface area contributed by atoms with E-state index < -0.39 is 18.1 Å². The van der Waals surface area contributed by atoms with Crippen LogP contribution in [0.1, 0.15) is 65.5 Å². The van der Waals surface area contributed by atoms with Crippen molar-refractivity contribution in [3.05, 3.63) is 89.4 Å². The highest BCUT2D eigenvalue weighted by Gasteiger charge is 2.38. The van der Waals surface area contributed by atoms with E-state index in [0.29, 0.717) is 35.9 Å². The molecule has 224 valence electrons. The molecule has 0 aliphatic heterocycles. The number of alkyl halides is 3. The summed E-state index contributed by atoms with van der Waals surface area (Å²) in [7, 11) is 0. The zero-order valence-corrected chi connectivity index (χ0v) is 23.0. The summed E-state index contributed by atoms with van der Waals surface area (Å²) in [5.74, 6) is -3.71. The van der Waals surface area contributed by atoms with Crippen LogP contribution in [0.4, 0.5) is 13.2 Å². The topological polar surface area (TPSA) is 142 Å². The zero-order valence-electron chi connectivity index (χ0n) is 23.0. The van der Waals surface area contributed by atoms with Crippen molar-refractivity contribution in [3.8, 4) is 11.3 Å². The van der Waals surface area contributed by atoms with E-state index in [-0.39, 0.29) is 18.4 Å². The first-order valence-electron chi connectivity index (χ1n) is 13.7. The fourth-order valence-corrected chi connectivity index (χ4v) is 4.79. The number of nitrogens with zero attached hydrogens (tertiary/aromatic N) is 3. The summed E-state index contributed by atoms with van der Waals surface area (Å²) in [4.78, 5) is 47.3. The Kier molecular flexibility index (Phi) is 10.0. The first kappa shape index (κ1) is 31.1. The van der Waals surface area contributed by atoms with Crippen LogP contribution in [-0.4, -0.2) is 49.2 Å². The van der Waals surface area contributed by atoms with Crippen LogP contribution in [-0.2, 0) is 22.4 Å². The Morgan fingerprint density at radius 1 is 0.930 bits per heavy atom. The lowest BCUT2D eigenvalue weighted by Crippen LogP contribution is -2.31. The molecule has 0 spiro atoms. The molecular weight excluding hydrogens is 565 g/mol. The number of nitrogens with one attached hydrogen (secondary N) is 1. The number of aryl methyl sites for hydroxylation is 2. The zero-order chi connectivity index (χ0) is 31.0. The van der Waals surface area contributed by atoms with Crippen LogP contribution in [0.3, 0.4) is 0 Å². The van der Waals surface area contributed by atoms with Gasteiger partial charge in [-0.25, -0.2) is 14.8 Å². The van der Waals surface area contributed by atoms with Gasteiger partial charge >= 0.3 is 18.1 Å². The molecule has 1 aliphatic rings. The Balaban J connectivity index is 0.000000541. The van der Waals surface area contributed by atoms with Gasteiger partial charge in [-0.1, -0.05) is 36.4 Å². The molecule has 4 aromatic rings. The van der Waals surface area contributed by atoms with Crippen LogP contribution in [0.25, 0.3) is 22.3 Å². The van der Waals surface area contributed by atoms with Crippen LogP contribution in [0.15, 0.2) is 66.9 Å². The van der Waals surface area contributed by atoms with Crippen LogP contribution in [0, 0.1) is 0 Å². The summed E-state index contributed by atoms with van der Waals surface area (Å²) >= 11 is 0. The fourth-order valence-electron chi connectivity index (χ4n) is 4.79. The number of hydrogen-bond donors (Lipinski definition) is 3. The van der Waals surface area contributed by atoms with Gasteiger partial charge < -0.3 is 15.5 Å². The minimum atomic E-state index is -5.08. The third-order valence-electron chi connectivity index (χ3n) is 6.84. The number of carbonyl (C=O) groups is 3. The van der Waals surface area contributed by atoms with Gasteiger partial charge in [-0.05, 0) is 68.4 Å². The maximum absolute atomic E-state index is 13.2. The van der Waals surface area contributed by atoms with E-state index >= 15 is 0 Å². The lowest BCUT2D eigenvalue weighted by atomic mass is 9.91. The molecular formula is C31H29F3N4O5. The number of pyridine rings is 1. The molecule has 0 saturated carbocycles. The molecule has 0 bridgehead atoms. The monoisotopic (exact) mass is 594 g/mol. The van der Waals surface area contributed by atoms with E-state index in [9.17, 15) is 22.8 Å². The molecule has 5 rings (SSSR count). The van der Waals surface area contributed by atoms with Crippen LogP contribution >= 0.6 is 0 Å². The Morgan fingerprint density at radius 3 is 2.37 bits per heavy atom. The average Bonchev–Trinajstić information content (AvgIpc) is 2.99. The second-order valence-corrected chi connectivity index (χ2v) is 9.96. The number of amides is 1. The van der Waals surface area contributed by atoms with Gasteiger partial charge in [-0.3, -0.25) is 14.6 Å². The standard InChI is InChI=1S/C29H28N4O3.C2HF3O2/c34-26(35)14-5-4-12-24-28(20-8-2-1-3-9-20)32-22-16-15-21(18-25(22)31-24)29(36)33-23-13-6-10-19-11-7-17-30-27(19)23;3-2(4,5)1(6)7/h1-3,7-9,11,15-18,23H,4-6,10,12-14H2,(H,33,36)(H,34,35);(H,6,7). The Hall–Kier alpha value is -4.87. The Bertz CT molecular complexity index is 1610. The van der Waals surface area contributed by atoms with Gasteiger partial charge in [0.15, 0.2) is 0 Å². The molecule has 2 aromatic carbocycles. The lowest BCUT2D eigenvalue weighted by molar-refractivity contribution is -0.192. The van der Waals surface area contributed by atoms with Crippen molar-refractivity contribution < 1.29 is 37.8 Å². The van der Waals surface area contributed by atoms with E-state index in [2.05, 4.69) is 16.4 Å². The van der Waals surface area contributed by atoms with Gasteiger partial charge in [0.25, 0.3) is 5.91 Å². The van der Waals surface area contributed by atoms with Gasteiger partial charge in [-0.2, -0.15) is 13.2 Å². The lowest BCUT2D eigenvalue weighted by Gasteiger charge is -2.25. The molecule has 9 nitrogen and oxygen atoms in total. The van der Waals surface area contributed by atoms with Crippen molar-refractivity contribution in [2.75, 3.05) is 0 Å². The van der Waals surface area contributed by atoms with Crippen molar-refractivity contribution >= 4 is 28.9 Å². The molecule has 2 heterocycles. The summed E-state index contributed by atoms with van der Waals surface area (Å²) < 4.78 is 31.7. The summed E-state index contributed by atoms with van der Waals surface area (Å²) in [6.45, 7) is 0. The van der Waals surface area contributed by atoms with Crippen molar-refractivity contribution in [1.29, 1.82) is 0 Å². The number of carbonyl (C=O) groups excluding carboxylic acids is 1. The van der Waals surface area contributed by atoms with Crippen molar-refractivity contribution in [1.82, 2.24) is 20.3 Å². The van der Waals surface area contributed by atoms with E-state index in [1.807, 2.05) is 42.5 Å². The fraction of sp³-hybridized carbons (Fsp3) is 0.290. The van der Waals surface area contributed by atoms with E-state index in [1.54, 1.807) is 18.3 Å². The smallest absolute Gasteiger partial charge is 0.481 e. The molecule has 1 amide bonds. The third-order valence-corrected chi connectivity index (χ3v) is 6.84. The second-order valence-electron chi connectivity index (χ2n) is 9.96. The van der Waals surface area contributed by atoms with Crippen molar-refractivity contribution in [2.45, 2.75) is 57.2 Å². The number of carboxylic acid groups (broad SMARTS) is 2. The van der Waals surface area contributed by atoms with E-state index in [0.717, 1.165) is 41.9 Å². The van der Waals surface area contributed by atoms with Gasteiger partial charge in [0.2, 0.25) is 0 Å². The molecule has 2 aromatic heterocycles. The van der Waals surface area contributed by atoms with Gasteiger partial charge in [0.05, 0.1) is 34.2 Å². The molecule has 12 heteroatoms. The largest absolute Gasteiger partial charge is 0.490 e. The van der Waals surface area contributed by atoms with Crippen LogP contribution in [0.2, 0.25) is 0 Å². The Morgan fingerprint density at radius 2 is 1.67 bits per heavy atom. The Labute approximate surface area is 244 Å². The second kappa shape index (κ2) is 13.9. The first-order chi connectivity index (χ1) is 20.5. The number of benzene rings is 2. The number of rotatable bonds is 8. The van der Waals surface area contributed by atoms with Gasteiger partial charge in [0.1, 0.15) is 0 Å². The normalized spacial score (nSPS) is 14.3. The number of aromatic nitrogens is 3. The maximum Gasteiger partial charge on any atom is 0.490 e. The summed E-state index contributed by atoms with van der Waals surface area (Å²) in [6, 6.07) is 19.2. The number of hydrogen-bond acceptors (Lipinski definition) is 6. The first-order valence-corrected chi connectivity index (χ1v) is 13.7. The predicted octanol–water partition coefficient (Wildman–Crippen LogP) is 5.93. The quantitative estimate of drug-likeness (QED) is 0.213. The van der Waals surface area contributed by atoms with Gasteiger partial charge in [0, 0.05) is 23.7 Å². The molecule has 1 aliphatic carbocycles. The maximum atomic E-state index is 13.2. The number of carboxylic acids is 2. The number of fused-ring (bicyclic) bond motifs is 2. The minimum absolute atomic E-state index is 0.102. The highest BCUT2D eigenvalue weighted by atomic mass is 19.4. The van der Waals surface area contributed by atoms with E-state index in [1.165, 1.54) is 5.56 Å². The van der Waals surface area contributed by atoms with Crippen molar-refractivity contribution in [2.24, 2.45) is 0 Å². The van der Waals surface area contributed by atoms with Crippen molar-refractivity contribution in [3.63, 3.8) is 0 Å². The predicted molar refractivity (Wildman–Crippen MR) is 151 cm³/mol. The number of halogens is 3. The average molecular weight is 595 g/mol. The van der Waals surface area contributed by atoms with E-state index in [4.69, 9.17) is 25.0 Å². The summed E-state index contributed by atoms with van der Waals surface area (Å²) in [6.07, 6.45) is 1.57. The third kappa shape index (κ3) is 8.34. The number of unbranched alkanes of at least 4 members (excludes halogenated alkanes) is 1. The molecule has 0 saturated heterocycles. The molecule has 0 fully saturated rings. The molecule has 43 heavy (non-hydrogen) atoms. The minimum Gasteiger partial charge on any atom is -0.481 e. The number of aliphatic carboxylic acids is 2. The SMILES string of the molecule is O=C(O)C(F)(F)F.O=C(O)CCCCc1nc2cc(C(=O)NC3CCCc4cccnc43)ccc2nc1-c1ccccc1. The summed E-state index contributed by atoms with van der Waals surface area (Å²) in [5.41, 5.74) is 6.60. The highest BCUT2D eigenvalue weighted by Crippen LogP contribution is 2.29. The highest BCUT2D eigenvalue weighted by molar-refractivity contribution is 5.97. The van der Waals surface area contributed by atoms with Crippen LogP contribution in [0.5, 0.6) is 0 Å². The molecule has 1 unspecified atom stereocenters. The molecule has 3 N–H and O–H groups in total. The van der Waals surface area contributed by atoms with Crippen LogP contribution < -0.4 is 5.32 Å². The summed E-state index contributed by atoms with van der Waals surface area (Å²) in [5, 5.41) is 19.2.